The van der Waals surface area contributed by atoms with E-state index in [-0.39, 0.29) is 26.1 Å². The second-order valence-corrected chi connectivity index (χ2v) is 11.2. The summed E-state index contributed by atoms with van der Waals surface area (Å²) >= 11 is 0. The number of rotatable bonds is 9. The zero-order valence-corrected chi connectivity index (χ0v) is 24.6. The fourth-order valence-corrected chi connectivity index (χ4v) is 5.27. The highest BCUT2D eigenvalue weighted by molar-refractivity contribution is 5.84. The summed E-state index contributed by atoms with van der Waals surface area (Å²) in [4.78, 5) is 55.4. The summed E-state index contributed by atoms with van der Waals surface area (Å²) in [5.41, 5.74) is 0.913. The van der Waals surface area contributed by atoms with Gasteiger partial charge in [-0.15, -0.1) is 0 Å². The standard InChI is InChI=1S/C31H40N2O8/c1-31(2,3)41-29(36)32(4)26-23(17-24(27(34)38-5)25(26)28(35)39-6)19-33(18-21-13-9-7-10-14-21)30(37)40-20-22-15-11-8-12-16-22/h7-16,23-26H,17-20H2,1-6H3. The molecule has 41 heavy (non-hydrogen) atoms. The number of benzene rings is 2. The number of carbonyl (C=O) groups is 4. The van der Waals surface area contributed by atoms with Gasteiger partial charge in [0.25, 0.3) is 0 Å². The van der Waals surface area contributed by atoms with Crippen LogP contribution in [0.1, 0.15) is 38.3 Å². The van der Waals surface area contributed by atoms with Gasteiger partial charge >= 0.3 is 24.1 Å². The van der Waals surface area contributed by atoms with Crippen LogP contribution in [-0.2, 0) is 41.7 Å². The van der Waals surface area contributed by atoms with Crippen LogP contribution in [0.25, 0.3) is 0 Å². The molecule has 0 N–H and O–H groups in total. The average Bonchev–Trinajstić information content (AvgIpc) is 3.33. The lowest BCUT2D eigenvalue weighted by molar-refractivity contribution is -0.157. The smallest absolute Gasteiger partial charge is 0.410 e. The van der Waals surface area contributed by atoms with Crippen LogP contribution in [0.4, 0.5) is 9.59 Å². The number of hydrogen-bond donors (Lipinski definition) is 0. The van der Waals surface area contributed by atoms with Crippen molar-refractivity contribution in [1.29, 1.82) is 0 Å². The molecule has 0 heterocycles. The first-order chi connectivity index (χ1) is 19.4. The quantitative estimate of drug-likeness (QED) is 0.317. The Morgan fingerprint density at radius 1 is 0.829 bits per heavy atom. The zero-order valence-electron chi connectivity index (χ0n) is 24.6. The van der Waals surface area contributed by atoms with Crippen molar-refractivity contribution in [1.82, 2.24) is 9.80 Å². The van der Waals surface area contributed by atoms with Gasteiger partial charge in [0, 0.05) is 20.1 Å². The lowest BCUT2D eigenvalue weighted by atomic mass is 9.92. The maximum absolute atomic E-state index is 13.5. The van der Waals surface area contributed by atoms with E-state index in [1.165, 1.54) is 31.1 Å². The Kier molecular flexibility index (Phi) is 10.7. The second-order valence-electron chi connectivity index (χ2n) is 11.2. The van der Waals surface area contributed by atoms with E-state index >= 15 is 0 Å². The highest BCUT2D eigenvalue weighted by atomic mass is 16.6. The molecule has 1 saturated carbocycles. The molecule has 0 radical (unpaired) electrons. The maximum atomic E-state index is 13.5. The minimum Gasteiger partial charge on any atom is -0.469 e. The minimum absolute atomic E-state index is 0.0758. The molecule has 1 fully saturated rings. The maximum Gasteiger partial charge on any atom is 0.410 e. The van der Waals surface area contributed by atoms with Crippen molar-refractivity contribution in [2.45, 2.75) is 52.0 Å². The number of ether oxygens (including phenoxy) is 4. The molecular weight excluding hydrogens is 528 g/mol. The molecule has 222 valence electrons. The predicted octanol–water partition coefficient (Wildman–Crippen LogP) is 4.66. The minimum atomic E-state index is -1.02. The van der Waals surface area contributed by atoms with Gasteiger partial charge in [-0.05, 0) is 44.2 Å². The molecule has 0 aromatic heterocycles. The Balaban J connectivity index is 1.96. The second kappa shape index (κ2) is 14.0. The van der Waals surface area contributed by atoms with Crippen molar-refractivity contribution >= 4 is 24.1 Å². The summed E-state index contributed by atoms with van der Waals surface area (Å²) in [5, 5.41) is 0. The molecule has 2 amide bonds. The Hall–Kier alpha value is -4.08. The van der Waals surface area contributed by atoms with Crippen LogP contribution in [0.15, 0.2) is 60.7 Å². The Labute approximate surface area is 241 Å². The van der Waals surface area contributed by atoms with Crippen molar-refractivity contribution in [2.24, 2.45) is 17.8 Å². The van der Waals surface area contributed by atoms with Crippen molar-refractivity contribution in [3.05, 3.63) is 71.8 Å². The third-order valence-electron chi connectivity index (χ3n) is 7.08. The molecule has 0 spiro atoms. The number of amides is 2. The third kappa shape index (κ3) is 8.45. The summed E-state index contributed by atoms with van der Waals surface area (Å²) in [7, 11) is 4.01. The van der Waals surface area contributed by atoms with Crippen LogP contribution in [0.2, 0.25) is 0 Å². The summed E-state index contributed by atoms with van der Waals surface area (Å²) in [6.45, 7) is 5.62. The van der Waals surface area contributed by atoms with Gasteiger partial charge in [0.15, 0.2) is 0 Å². The Bertz CT molecular complexity index is 1180. The number of carbonyl (C=O) groups excluding carboxylic acids is 4. The molecule has 4 atom stereocenters. The molecule has 4 unspecified atom stereocenters. The highest BCUT2D eigenvalue weighted by Crippen LogP contribution is 2.42. The summed E-state index contributed by atoms with van der Waals surface area (Å²) in [6, 6.07) is 17.9. The van der Waals surface area contributed by atoms with Crippen LogP contribution >= 0.6 is 0 Å². The van der Waals surface area contributed by atoms with Gasteiger partial charge in [0.1, 0.15) is 12.2 Å². The third-order valence-corrected chi connectivity index (χ3v) is 7.08. The first-order valence-corrected chi connectivity index (χ1v) is 13.6. The molecule has 10 heteroatoms. The Morgan fingerprint density at radius 2 is 1.39 bits per heavy atom. The van der Waals surface area contributed by atoms with Gasteiger partial charge in [0.05, 0.1) is 32.1 Å². The van der Waals surface area contributed by atoms with E-state index in [0.29, 0.717) is 0 Å². The van der Waals surface area contributed by atoms with Gasteiger partial charge in [-0.3, -0.25) is 9.59 Å². The number of hydrogen-bond acceptors (Lipinski definition) is 8. The van der Waals surface area contributed by atoms with E-state index < -0.39 is 53.5 Å². The molecule has 1 aliphatic rings. The van der Waals surface area contributed by atoms with Crippen LogP contribution in [0, 0.1) is 17.8 Å². The highest BCUT2D eigenvalue weighted by Gasteiger charge is 2.54. The summed E-state index contributed by atoms with van der Waals surface area (Å²) < 4.78 is 21.4. The van der Waals surface area contributed by atoms with Crippen molar-refractivity contribution in [3.8, 4) is 0 Å². The first kappa shape index (κ1) is 31.4. The lowest BCUT2D eigenvalue weighted by Gasteiger charge is -2.36. The van der Waals surface area contributed by atoms with E-state index in [4.69, 9.17) is 18.9 Å². The largest absolute Gasteiger partial charge is 0.469 e. The van der Waals surface area contributed by atoms with Crippen molar-refractivity contribution in [3.63, 3.8) is 0 Å². The van der Waals surface area contributed by atoms with E-state index in [2.05, 4.69) is 0 Å². The molecule has 10 nitrogen and oxygen atoms in total. The zero-order chi connectivity index (χ0) is 30.2. The molecule has 2 aromatic rings. The van der Waals surface area contributed by atoms with Crippen LogP contribution in [0.5, 0.6) is 0 Å². The van der Waals surface area contributed by atoms with Gasteiger partial charge in [-0.1, -0.05) is 60.7 Å². The molecule has 0 aliphatic heterocycles. The monoisotopic (exact) mass is 568 g/mol. The van der Waals surface area contributed by atoms with Crippen LogP contribution < -0.4 is 0 Å². The van der Waals surface area contributed by atoms with Gasteiger partial charge in [-0.2, -0.15) is 0 Å². The van der Waals surface area contributed by atoms with E-state index in [9.17, 15) is 19.2 Å². The molecule has 2 aromatic carbocycles. The topological polar surface area (TPSA) is 112 Å². The molecular formula is C31H40N2O8. The number of esters is 2. The molecule has 3 rings (SSSR count). The molecule has 0 saturated heterocycles. The summed E-state index contributed by atoms with van der Waals surface area (Å²) in [6.07, 6.45) is -1.04. The normalized spacial score (nSPS) is 20.0. The fraction of sp³-hybridized carbons (Fsp3) is 0.484. The van der Waals surface area contributed by atoms with Gasteiger partial charge < -0.3 is 28.7 Å². The summed E-state index contributed by atoms with van der Waals surface area (Å²) in [5.74, 6) is -3.65. The molecule has 1 aliphatic carbocycles. The SMILES string of the molecule is COC(=O)C1CC(CN(Cc2ccccc2)C(=O)OCc2ccccc2)C(N(C)C(=O)OC(C)(C)C)C1C(=O)OC. The Morgan fingerprint density at radius 3 is 1.93 bits per heavy atom. The number of nitrogens with zero attached hydrogens (tertiary/aromatic N) is 2. The first-order valence-electron chi connectivity index (χ1n) is 13.6. The lowest BCUT2D eigenvalue weighted by Crippen LogP contribution is -2.51. The van der Waals surface area contributed by atoms with Crippen molar-refractivity contribution < 1.29 is 38.1 Å². The number of methoxy groups -OCH3 is 2. The van der Waals surface area contributed by atoms with E-state index in [1.54, 1.807) is 20.8 Å². The average molecular weight is 569 g/mol. The van der Waals surface area contributed by atoms with Crippen LogP contribution in [-0.4, -0.2) is 73.4 Å². The van der Waals surface area contributed by atoms with Gasteiger partial charge in [0.2, 0.25) is 0 Å². The van der Waals surface area contributed by atoms with Gasteiger partial charge in [-0.25, -0.2) is 9.59 Å². The molecule has 0 bridgehead atoms. The van der Waals surface area contributed by atoms with Crippen LogP contribution in [0.3, 0.4) is 0 Å². The van der Waals surface area contributed by atoms with E-state index in [0.717, 1.165) is 11.1 Å². The predicted molar refractivity (Wildman–Crippen MR) is 150 cm³/mol. The fourth-order valence-electron chi connectivity index (χ4n) is 5.27. The van der Waals surface area contributed by atoms with E-state index in [1.807, 2.05) is 60.7 Å². The van der Waals surface area contributed by atoms with Crippen molar-refractivity contribution in [2.75, 3.05) is 27.8 Å².